The van der Waals surface area contributed by atoms with Gasteiger partial charge in [0, 0.05) is 18.4 Å². The minimum atomic E-state index is -0.0448. The van der Waals surface area contributed by atoms with Crippen LogP contribution in [0.2, 0.25) is 0 Å². The fraction of sp³-hybridized carbons (Fsp3) is 0.417. The van der Waals surface area contributed by atoms with E-state index in [1.807, 2.05) is 18.3 Å². The van der Waals surface area contributed by atoms with Crippen LogP contribution in [0.25, 0.3) is 0 Å². The smallest absolute Gasteiger partial charge is 0.0829 e. The van der Waals surface area contributed by atoms with Crippen molar-refractivity contribution >= 4 is 11.5 Å². The van der Waals surface area contributed by atoms with Crippen LogP contribution in [-0.4, -0.2) is 14.6 Å². The van der Waals surface area contributed by atoms with Gasteiger partial charge in [-0.3, -0.25) is 4.98 Å². The maximum absolute atomic E-state index is 6.21. The number of hydrogen-bond acceptors (Lipinski definition) is 5. The van der Waals surface area contributed by atoms with E-state index in [9.17, 15) is 0 Å². The van der Waals surface area contributed by atoms with Gasteiger partial charge in [0.05, 0.1) is 10.6 Å². The average Bonchev–Trinajstić information content (AvgIpc) is 2.79. The van der Waals surface area contributed by atoms with Crippen LogP contribution in [0.4, 0.5) is 0 Å². The molecular formula is C12H16N4S. The molecule has 0 spiro atoms. The van der Waals surface area contributed by atoms with Crippen LogP contribution in [0.3, 0.4) is 0 Å². The zero-order valence-electron chi connectivity index (χ0n) is 10.00. The Morgan fingerprint density at radius 1 is 1.41 bits per heavy atom. The number of nitrogens with two attached hydrogens (primary N) is 1. The fourth-order valence-corrected chi connectivity index (χ4v) is 2.53. The second kappa shape index (κ2) is 5.33. The number of nitrogens with zero attached hydrogens (tertiary/aromatic N) is 3. The largest absolute Gasteiger partial charge is 0.323 e. The van der Waals surface area contributed by atoms with Crippen LogP contribution >= 0.6 is 11.5 Å². The van der Waals surface area contributed by atoms with Gasteiger partial charge in [-0.15, -0.1) is 5.10 Å². The Morgan fingerprint density at radius 2 is 2.24 bits per heavy atom. The molecule has 0 saturated heterocycles. The predicted octanol–water partition coefficient (Wildman–Crippen LogP) is 2.30. The van der Waals surface area contributed by atoms with E-state index in [0.29, 0.717) is 5.92 Å². The van der Waals surface area contributed by atoms with Crippen LogP contribution < -0.4 is 5.73 Å². The van der Waals surface area contributed by atoms with E-state index in [1.165, 1.54) is 11.5 Å². The number of hydrogen-bond donors (Lipinski definition) is 1. The van der Waals surface area contributed by atoms with Crippen molar-refractivity contribution in [3.63, 3.8) is 0 Å². The summed E-state index contributed by atoms with van der Waals surface area (Å²) in [6, 6.07) is 3.92. The van der Waals surface area contributed by atoms with E-state index in [4.69, 9.17) is 5.73 Å². The molecule has 0 aliphatic carbocycles. The van der Waals surface area contributed by atoms with Crippen LogP contribution in [0.5, 0.6) is 0 Å². The molecule has 0 saturated carbocycles. The summed E-state index contributed by atoms with van der Waals surface area (Å²) in [5.41, 5.74) is 8.37. The minimum absolute atomic E-state index is 0.0448. The molecule has 0 aromatic carbocycles. The van der Waals surface area contributed by atoms with Gasteiger partial charge < -0.3 is 5.73 Å². The summed E-state index contributed by atoms with van der Waals surface area (Å²) in [7, 11) is 0. The first-order valence-electron chi connectivity index (χ1n) is 5.65. The van der Waals surface area contributed by atoms with Gasteiger partial charge in [0.2, 0.25) is 0 Å². The van der Waals surface area contributed by atoms with Crippen molar-refractivity contribution in [2.45, 2.75) is 32.2 Å². The maximum Gasteiger partial charge on any atom is 0.0829 e. The zero-order chi connectivity index (χ0) is 12.3. The Balaban J connectivity index is 2.15. The van der Waals surface area contributed by atoms with Gasteiger partial charge in [-0.1, -0.05) is 24.4 Å². The van der Waals surface area contributed by atoms with Gasteiger partial charge in [0.1, 0.15) is 0 Å². The lowest BCUT2D eigenvalue weighted by atomic mass is 10.0. The summed E-state index contributed by atoms with van der Waals surface area (Å²) in [6.45, 7) is 4.22. The van der Waals surface area contributed by atoms with Gasteiger partial charge >= 0.3 is 0 Å². The van der Waals surface area contributed by atoms with Crippen LogP contribution in [0.1, 0.15) is 41.9 Å². The second-order valence-corrected chi connectivity index (χ2v) is 5.13. The quantitative estimate of drug-likeness (QED) is 0.901. The third-order valence-electron chi connectivity index (χ3n) is 2.60. The summed E-state index contributed by atoms with van der Waals surface area (Å²) in [5, 5.41) is 4.15. The molecule has 2 aromatic heterocycles. The Morgan fingerprint density at radius 3 is 2.88 bits per heavy atom. The molecule has 4 nitrogen and oxygen atoms in total. The summed E-state index contributed by atoms with van der Waals surface area (Å²) >= 11 is 1.40. The third-order valence-corrected chi connectivity index (χ3v) is 3.47. The SMILES string of the molecule is CC(C)c1nnsc1C(N)Cc1cccnc1. The Kier molecular flexibility index (Phi) is 3.81. The van der Waals surface area contributed by atoms with E-state index >= 15 is 0 Å². The molecule has 2 N–H and O–H groups in total. The van der Waals surface area contributed by atoms with Gasteiger partial charge in [-0.2, -0.15) is 0 Å². The molecule has 1 atom stereocenters. The molecule has 0 radical (unpaired) electrons. The highest BCUT2D eigenvalue weighted by Crippen LogP contribution is 2.26. The van der Waals surface area contributed by atoms with Gasteiger partial charge in [-0.05, 0) is 35.5 Å². The molecule has 2 rings (SSSR count). The summed E-state index contributed by atoms with van der Waals surface area (Å²) < 4.78 is 4.00. The maximum atomic E-state index is 6.21. The van der Waals surface area contributed by atoms with Crippen molar-refractivity contribution in [3.8, 4) is 0 Å². The number of rotatable bonds is 4. The highest BCUT2D eigenvalue weighted by molar-refractivity contribution is 7.05. The van der Waals surface area contributed by atoms with Crippen molar-refractivity contribution < 1.29 is 0 Å². The van der Waals surface area contributed by atoms with E-state index in [-0.39, 0.29) is 6.04 Å². The van der Waals surface area contributed by atoms with Crippen LogP contribution in [-0.2, 0) is 6.42 Å². The first-order valence-corrected chi connectivity index (χ1v) is 6.42. The molecular weight excluding hydrogens is 232 g/mol. The second-order valence-electron chi connectivity index (χ2n) is 4.35. The van der Waals surface area contributed by atoms with Crippen molar-refractivity contribution in [2.24, 2.45) is 5.73 Å². The van der Waals surface area contributed by atoms with E-state index in [2.05, 4.69) is 28.4 Å². The molecule has 17 heavy (non-hydrogen) atoms. The molecule has 5 heteroatoms. The van der Waals surface area contributed by atoms with E-state index in [0.717, 1.165) is 22.6 Å². The molecule has 2 heterocycles. The van der Waals surface area contributed by atoms with Crippen LogP contribution in [0.15, 0.2) is 24.5 Å². The van der Waals surface area contributed by atoms with E-state index in [1.54, 1.807) is 6.20 Å². The lowest BCUT2D eigenvalue weighted by Crippen LogP contribution is -2.14. The summed E-state index contributed by atoms with van der Waals surface area (Å²) in [5.74, 6) is 0.365. The van der Waals surface area contributed by atoms with E-state index < -0.39 is 0 Å². The van der Waals surface area contributed by atoms with Crippen molar-refractivity contribution in [1.82, 2.24) is 14.6 Å². The summed E-state index contributed by atoms with van der Waals surface area (Å²) in [6.07, 6.45) is 4.39. The fourth-order valence-electron chi connectivity index (χ4n) is 1.73. The minimum Gasteiger partial charge on any atom is -0.323 e. The molecule has 0 aliphatic rings. The molecule has 0 bridgehead atoms. The van der Waals surface area contributed by atoms with Crippen molar-refractivity contribution in [2.75, 3.05) is 0 Å². The topological polar surface area (TPSA) is 64.7 Å². The first-order chi connectivity index (χ1) is 8.18. The Hall–Kier alpha value is -1.33. The van der Waals surface area contributed by atoms with Gasteiger partial charge in [0.25, 0.3) is 0 Å². The molecule has 90 valence electrons. The number of pyridine rings is 1. The Bertz CT molecular complexity index is 466. The van der Waals surface area contributed by atoms with Gasteiger partial charge in [-0.25, -0.2) is 0 Å². The van der Waals surface area contributed by atoms with Crippen molar-refractivity contribution in [3.05, 3.63) is 40.7 Å². The lowest BCUT2D eigenvalue weighted by molar-refractivity contribution is 0.699. The normalized spacial score (nSPS) is 12.9. The third kappa shape index (κ3) is 2.87. The monoisotopic (exact) mass is 248 g/mol. The Labute approximate surface area is 105 Å². The molecule has 0 fully saturated rings. The molecule has 1 unspecified atom stereocenters. The standard InChI is InChI=1S/C12H16N4S/c1-8(2)11-12(17-16-15-11)10(13)6-9-4-3-5-14-7-9/h3-5,7-8,10H,6,13H2,1-2H3. The summed E-state index contributed by atoms with van der Waals surface area (Å²) in [4.78, 5) is 5.18. The lowest BCUT2D eigenvalue weighted by Gasteiger charge is -2.11. The van der Waals surface area contributed by atoms with Gasteiger partial charge in [0.15, 0.2) is 0 Å². The average molecular weight is 248 g/mol. The van der Waals surface area contributed by atoms with Crippen molar-refractivity contribution in [1.29, 1.82) is 0 Å². The molecule has 0 aliphatic heterocycles. The molecule has 2 aromatic rings. The number of aromatic nitrogens is 3. The predicted molar refractivity (Wildman–Crippen MR) is 68.9 cm³/mol. The van der Waals surface area contributed by atoms with Crippen LogP contribution in [0, 0.1) is 0 Å². The highest BCUT2D eigenvalue weighted by Gasteiger charge is 2.18. The zero-order valence-corrected chi connectivity index (χ0v) is 10.8. The first kappa shape index (κ1) is 12.1. The molecule has 0 amide bonds. The highest BCUT2D eigenvalue weighted by atomic mass is 32.1.